The zero-order chi connectivity index (χ0) is 9.38. The van der Waals surface area contributed by atoms with Gasteiger partial charge in [-0.05, 0) is 44.1 Å². The number of ether oxygens (including phenoxy) is 1. The molecular formula is C12H21NO. The van der Waals surface area contributed by atoms with Crippen LogP contribution in [-0.4, -0.2) is 25.3 Å². The predicted octanol–water partition coefficient (Wildman–Crippen LogP) is 1.94. The standard InChI is InChI=1S/C12H21NO/c1-2-9(1)5-7-13-11-6-8-14-12(11)10-3-4-10/h9-13H,1-8H2. The van der Waals surface area contributed by atoms with Crippen LogP contribution in [0.5, 0.6) is 0 Å². The first-order valence-corrected chi connectivity index (χ1v) is 6.28. The van der Waals surface area contributed by atoms with Gasteiger partial charge in [-0.25, -0.2) is 0 Å². The molecule has 1 saturated heterocycles. The number of hydrogen-bond acceptors (Lipinski definition) is 2. The maximum absolute atomic E-state index is 5.80. The minimum Gasteiger partial charge on any atom is -0.376 e. The summed E-state index contributed by atoms with van der Waals surface area (Å²) in [7, 11) is 0. The van der Waals surface area contributed by atoms with Crippen LogP contribution < -0.4 is 5.32 Å². The molecule has 2 nitrogen and oxygen atoms in total. The molecule has 14 heavy (non-hydrogen) atoms. The van der Waals surface area contributed by atoms with E-state index in [0.29, 0.717) is 12.1 Å². The molecule has 2 atom stereocenters. The molecule has 2 heteroatoms. The van der Waals surface area contributed by atoms with Gasteiger partial charge in [-0.3, -0.25) is 0 Å². The second-order valence-electron chi connectivity index (χ2n) is 5.25. The van der Waals surface area contributed by atoms with Crippen molar-refractivity contribution in [1.82, 2.24) is 5.32 Å². The van der Waals surface area contributed by atoms with Crippen molar-refractivity contribution in [3.05, 3.63) is 0 Å². The molecule has 2 unspecified atom stereocenters. The van der Waals surface area contributed by atoms with Crippen LogP contribution in [-0.2, 0) is 4.74 Å². The molecule has 2 aliphatic carbocycles. The van der Waals surface area contributed by atoms with E-state index in [9.17, 15) is 0 Å². The second kappa shape index (κ2) is 3.82. The summed E-state index contributed by atoms with van der Waals surface area (Å²) in [5.41, 5.74) is 0. The molecule has 0 aromatic heterocycles. The van der Waals surface area contributed by atoms with Crippen molar-refractivity contribution in [2.24, 2.45) is 11.8 Å². The molecule has 1 N–H and O–H groups in total. The van der Waals surface area contributed by atoms with Gasteiger partial charge >= 0.3 is 0 Å². The van der Waals surface area contributed by atoms with Crippen molar-refractivity contribution in [2.45, 2.75) is 50.7 Å². The van der Waals surface area contributed by atoms with Crippen molar-refractivity contribution in [3.63, 3.8) is 0 Å². The van der Waals surface area contributed by atoms with Crippen LogP contribution in [0.15, 0.2) is 0 Å². The first-order chi connectivity index (χ1) is 6.93. The predicted molar refractivity (Wildman–Crippen MR) is 56.2 cm³/mol. The Bertz CT molecular complexity index is 198. The van der Waals surface area contributed by atoms with Gasteiger partial charge in [0, 0.05) is 12.6 Å². The zero-order valence-corrected chi connectivity index (χ0v) is 8.87. The fourth-order valence-electron chi connectivity index (χ4n) is 2.60. The second-order valence-corrected chi connectivity index (χ2v) is 5.25. The first kappa shape index (κ1) is 9.17. The first-order valence-electron chi connectivity index (χ1n) is 6.28. The lowest BCUT2D eigenvalue weighted by molar-refractivity contribution is 0.0811. The Kier molecular flexibility index (Phi) is 2.50. The van der Waals surface area contributed by atoms with Crippen LogP contribution in [0.25, 0.3) is 0 Å². The van der Waals surface area contributed by atoms with Crippen molar-refractivity contribution >= 4 is 0 Å². The highest BCUT2D eigenvalue weighted by Crippen LogP contribution is 2.39. The molecule has 1 heterocycles. The molecule has 0 amide bonds. The van der Waals surface area contributed by atoms with E-state index < -0.39 is 0 Å². The van der Waals surface area contributed by atoms with Gasteiger partial charge < -0.3 is 10.1 Å². The Morgan fingerprint density at radius 1 is 1.07 bits per heavy atom. The van der Waals surface area contributed by atoms with E-state index in [1.807, 2.05) is 0 Å². The summed E-state index contributed by atoms with van der Waals surface area (Å²) in [6.07, 6.45) is 8.98. The summed E-state index contributed by atoms with van der Waals surface area (Å²) in [4.78, 5) is 0. The van der Waals surface area contributed by atoms with E-state index in [4.69, 9.17) is 4.74 Å². The lowest BCUT2D eigenvalue weighted by Gasteiger charge is -2.19. The molecule has 1 aliphatic heterocycles. The fourth-order valence-corrected chi connectivity index (χ4v) is 2.60. The van der Waals surface area contributed by atoms with Crippen LogP contribution in [0.1, 0.15) is 38.5 Å². The van der Waals surface area contributed by atoms with Crippen LogP contribution in [0.2, 0.25) is 0 Å². The minimum absolute atomic E-state index is 0.564. The van der Waals surface area contributed by atoms with Crippen LogP contribution in [0.4, 0.5) is 0 Å². The highest BCUT2D eigenvalue weighted by atomic mass is 16.5. The Morgan fingerprint density at radius 2 is 1.93 bits per heavy atom. The number of hydrogen-bond donors (Lipinski definition) is 1. The topological polar surface area (TPSA) is 21.3 Å². The van der Waals surface area contributed by atoms with Crippen molar-refractivity contribution < 1.29 is 4.74 Å². The molecule has 2 saturated carbocycles. The van der Waals surface area contributed by atoms with E-state index in [1.54, 1.807) is 0 Å². The Balaban J connectivity index is 1.40. The van der Waals surface area contributed by atoms with Gasteiger partial charge in [0.05, 0.1) is 6.10 Å². The Morgan fingerprint density at radius 3 is 2.64 bits per heavy atom. The summed E-state index contributed by atoms with van der Waals surface area (Å²) in [6.45, 7) is 2.21. The number of nitrogens with one attached hydrogen (secondary N) is 1. The van der Waals surface area contributed by atoms with Gasteiger partial charge in [-0.2, -0.15) is 0 Å². The summed E-state index contributed by atoms with van der Waals surface area (Å²) in [6, 6.07) is 0.682. The summed E-state index contributed by atoms with van der Waals surface area (Å²) in [5.74, 6) is 1.96. The third-order valence-electron chi connectivity index (χ3n) is 3.88. The smallest absolute Gasteiger partial charge is 0.0756 e. The van der Waals surface area contributed by atoms with Crippen molar-refractivity contribution in [2.75, 3.05) is 13.2 Å². The maximum atomic E-state index is 5.80. The van der Waals surface area contributed by atoms with Gasteiger partial charge in [-0.1, -0.05) is 12.8 Å². The molecule has 0 aromatic rings. The summed E-state index contributed by atoms with van der Waals surface area (Å²) < 4.78 is 5.80. The van der Waals surface area contributed by atoms with Gasteiger partial charge in [0.2, 0.25) is 0 Å². The minimum atomic E-state index is 0.564. The van der Waals surface area contributed by atoms with E-state index in [1.165, 1.54) is 45.1 Å². The van der Waals surface area contributed by atoms with Crippen LogP contribution >= 0.6 is 0 Å². The van der Waals surface area contributed by atoms with E-state index in [2.05, 4.69) is 5.32 Å². The number of rotatable bonds is 5. The molecule has 80 valence electrons. The average Bonchev–Trinajstić information content (AvgIpc) is 3.08. The lowest BCUT2D eigenvalue weighted by atomic mass is 10.1. The normalized spacial score (nSPS) is 37.7. The van der Waals surface area contributed by atoms with Gasteiger partial charge in [-0.15, -0.1) is 0 Å². The largest absolute Gasteiger partial charge is 0.376 e. The van der Waals surface area contributed by atoms with E-state index in [0.717, 1.165) is 18.4 Å². The van der Waals surface area contributed by atoms with E-state index >= 15 is 0 Å². The molecule has 0 radical (unpaired) electrons. The third-order valence-corrected chi connectivity index (χ3v) is 3.88. The van der Waals surface area contributed by atoms with Gasteiger partial charge in [0.25, 0.3) is 0 Å². The molecule has 0 spiro atoms. The lowest BCUT2D eigenvalue weighted by Crippen LogP contribution is -2.38. The van der Waals surface area contributed by atoms with E-state index in [-0.39, 0.29) is 0 Å². The van der Waals surface area contributed by atoms with Crippen LogP contribution in [0, 0.1) is 11.8 Å². The van der Waals surface area contributed by atoms with Gasteiger partial charge in [0.1, 0.15) is 0 Å². The quantitative estimate of drug-likeness (QED) is 0.724. The van der Waals surface area contributed by atoms with Crippen molar-refractivity contribution in [1.29, 1.82) is 0 Å². The monoisotopic (exact) mass is 195 g/mol. The summed E-state index contributed by atoms with van der Waals surface area (Å²) >= 11 is 0. The summed E-state index contributed by atoms with van der Waals surface area (Å²) in [5, 5.41) is 3.70. The van der Waals surface area contributed by atoms with Crippen LogP contribution in [0.3, 0.4) is 0 Å². The molecule has 0 aromatic carbocycles. The molecular weight excluding hydrogens is 174 g/mol. The highest BCUT2D eigenvalue weighted by molar-refractivity contribution is 4.93. The average molecular weight is 195 g/mol. The zero-order valence-electron chi connectivity index (χ0n) is 8.87. The molecule has 3 rings (SSSR count). The Hall–Kier alpha value is -0.0800. The van der Waals surface area contributed by atoms with Crippen molar-refractivity contribution in [3.8, 4) is 0 Å². The molecule has 0 bridgehead atoms. The maximum Gasteiger partial charge on any atom is 0.0756 e. The van der Waals surface area contributed by atoms with Gasteiger partial charge in [0.15, 0.2) is 0 Å². The molecule has 3 fully saturated rings. The third kappa shape index (κ3) is 2.12. The molecule has 3 aliphatic rings. The highest BCUT2D eigenvalue weighted by Gasteiger charge is 2.40. The Labute approximate surface area is 86.4 Å². The SMILES string of the molecule is C(CC1CC1)NC1CCOC1C1CC1. The fraction of sp³-hybridized carbons (Fsp3) is 1.00.